The number of rotatable bonds is 5. The minimum atomic E-state index is -0.921. The van der Waals surface area contributed by atoms with Gasteiger partial charge < -0.3 is 19.1 Å². The molecule has 0 saturated carbocycles. The number of benzene rings is 1. The molecule has 3 aromatic heterocycles. The van der Waals surface area contributed by atoms with Crippen LogP contribution in [-0.4, -0.2) is 69.4 Å². The maximum Gasteiger partial charge on any atom is 0.339 e. The quantitative estimate of drug-likeness (QED) is 0.257. The van der Waals surface area contributed by atoms with E-state index in [1.165, 1.54) is 7.11 Å². The van der Waals surface area contributed by atoms with Gasteiger partial charge in [-0.3, -0.25) is 4.68 Å². The Balaban J connectivity index is 1.50. The second-order valence-electron chi connectivity index (χ2n) is 12.8. The van der Waals surface area contributed by atoms with Crippen molar-refractivity contribution in [2.24, 2.45) is 5.92 Å². The summed E-state index contributed by atoms with van der Waals surface area (Å²) in [5.41, 5.74) is 5.68. The Hall–Kier alpha value is -3.76. The summed E-state index contributed by atoms with van der Waals surface area (Å²) in [6.07, 6.45) is 6.03. The smallest absolute Gasteiger partial charge is 0.339 e. The Morgan fingerprint density at radius 2 is 1.80 bits per heavy atom. The van der Waals surface area contributed by atoms with Crippen LogP contribution in [0.5, 0.6) is 0 Å². The Bertz CT molecular complexity index is 1620. The van der Waals surface area contributed by atoms with Crippen molar-refractivity contribution in [2.75, 3.05) is 38.3 Å². The van der Waals surface area contributed by atoms with Crippen molar-refractivity contribution >= 4 is 17.4 Å². The fourth-order valence-electron chi connectivity index (χ4n) is 6.22. The topological polar surface area (TPSA) is 96.0 Å². The van der Waals surface area contributed by atoms with Gasteiger partial charge in [0.1, 0.15) is 5.82 Å². The molecule has 234 valence electrons. The predicted molar refractivity (Wildman–Crippen MR) is 170 cm³/mol. The summed E-state index contributed by atoms with van der Waals surface area (Å²) in [4.78, 5) is 20.5. The number of aromatic nitrogens is 5. The molecule has 10 nitrogen and oxygen atoms in total. The summed E-state index contributed by atoms with van der Waals surface area (Å²) < 4.78 is 21.9. The number of esters is 1. The third-order valence-electron chi connectivity index (χ3n) is 8.78. The van der Waals surface area contributed by atoms with Crippen LogP contribution in [0, 0.1) is 12.8 Å². The van der Waals surface area contributed by atoms with Crippen molar-refractivity contribution in [3.05, 3.63) is 53.9 Å². The first kappa shape index (κ1) is 30.3. The van der Waals surface area contributed by atoms with Gasteiger partial charge in [0.15, 0.2) is 11.8 Å². The largest absolute Gasteiger partial charge is 0.467 e. The number of carbonyl (C=O) groups excluding carboxylic acids is 1. The van der Waals surface area contributed by atoms with E-state index in [0.29, 0.717) is 17.8 Å². The molecule has 3 aliphatic rings. The Morgan fingerprint density at radius 3 is 2.55 bits per heavy atom. The number of hydrogen-bond acceptors (Lipinski definition) is 8. The third-order valence-corrected chi connectivity index (χ3v) is 8.78. The number of anilines is 1. The fourth-order valence-corrected chi connectivity index (χ4v) is 6.22. The van der Waals surface area contributed by atoms with E-state index in [0.717, 1.165) is 92.4 Å². The molecule has 1 fully saturated rings. The molecule has 0 N–H and O–H groups in total. The van der Waals surface area contributed by atoms with Crippen molar-refractivity contribution in [1.82, 2.24) is 24.4 Å². The molecule has 6 heterocycles. The number of aryl methyl sites for hydroxylation is 2. The highest BCUT2D eigenvalue weighted by Gasteiger charge is 2.37. The second kappa shape index (κ2) is 12.7. The molecule has 1 unspecified atom stereocenters. The van der Waals surface area contributed by atoms with Gasteiger partial charge in [-0.05, 0) is 64.0 Å². The van der Waals surface area contributed by atoms with Crippen LogP contribution < -0.4 is 4.90 Å². The van der Waals surface area contributed by atoms with Crippen LogP contribution in [0.3, 0.4) is 0 Å². The van der Waals surface area contributed by atoms with Gasteiger partial charge in [0.2, 0.25) is 0 Å². The van der Waals surface area contributed by atoms with Crippen molar-refractivity contribution in [3.63, 3.8) is 0 Å². The number of ether oxygens (including phenoxy) is 3. The van der Waals surface area contributed by atoms with Crippen LogP contribution in [0.15, 0.2) is 42.6 Å². The van der Waals surface area contributed by atoms with Crippen molar-refractivity contribution < 1.29 is 19.0 Å². The molecule has 3 aliphatic heterocycles. The van der Waals surface area contributed by atoms with Crippen molar-refractivity contribution in [1.29, 1.82) is 0 Å². The molecule has 1 aromatic carbocycles. The summed E-state index contributed by atoms with van der Waals surface area (Å²) in [6.45, 7) is 11.8. The molecule has 4 aromatic rings. The van der Waals surface area contributed by atoms with Crippen LogP contribution in [0.2, 0.25) is 0 Å². The number of hydrogen-bond donors (Lipinski definition) is 0. The first-order valence-electron chi connectivity index (χ1n) is 15.9. The molecule has 44 heavy (non-hydrogen) atoms. The minimum absolute atomic E-state index is 0.207. The normalized spacial score (nSPS) is 17.7. The fraction of sp³-hybridized carbons (Fsp3) is 0.529. The SMILES string of the molecule is COC(=O)C(OCC(C)C)c1c(C)nc2cc3nn2c1N1CCC(C)(CC1)OCCCCCn1ccc(n1)-c1cccc-3c1. The summed E-state index contributed by atoms with van der Waals surface area (Å²) in [5, 5.41) is 9.97. The lowest BCUT2D eigenvalue weighted by Gasteiger charge is -2.41. The molecule has 0 spiro atoms. The number of piperidine rings is 1. The van der Waals surface area contributed by atoms with E-state index in [4.69, 9.17) is 29.4 Å². The number of methoxy groups -OCH3 is 1. The van der Waals surface area contributed by atoms with Gasteiger partial charge in [0, 0.05) is 55.3 Å². The Labute approximate surface area is 259 Å². The molecular weight excluding hydrogens is 556 g/mol. The van der Waals surface area contributed by atoms with Crippen LogP contribution in [-0.2, 0) is 25.5 Å². The van der Waals surface area contributed by atoms with Gasteiger partial charge in [0.05, 0.1) is 36.3 Å². The summed E-state index contributed by atoms with van der Waals surface area (Å²) in [5.74, 6) is 0.623. The predicted octanol–water partition coefficient (Wildman–Crippen LogP) is 6.01. The number of nitrogens with zero attached hydrogens (tertiary/aromatic N) is 6. The van der Waals surface area contributed by atoms with Gasteiger partial charge >= 0.3 is 5.97 Å². The van der Waals surface area contributed by atoms with E-state index in [2.05, 4.69) is 56.1 Å². The van der Waals surface area contributed by atoms with Crippen molar-refractivity contribution in [3.8, 4) is 22.5 Å². The van der Waals surface area contributed by atoms with Crippen LogP contribution in [0.1, 0.15) is 70.2 Å². The number of fused-ring (bicyclic) bond motifs is 7. The zero-order chi connectivity index (χ0) is 30.8. The second-order valence-corrected chi connectivity index (χ2v) is 12.8. The molecule has 0 amide bonds. The summed E-state index contributed by atoms with van der Waals surface area (Å²) in [7, 11) is 1.40. The molecular formula is C34H44N6O4. The zero-order valence-electron chi connectivity index (χ0n) is 26.6. The lowest BCUT2D eigenvalue weighted by atomic mass is 9.92. The van der Waals surface area contributed by atoms with E-state index in [1.807, 2.05) is 28.3 Å². The highest BCUT2D eigenvalue weighted by Crippen LogP contribution is 2.38. The van der Waals surface area contributed by atoms with Gasteiger partial charge in [0.25, 0.3) is 0 Å². The molecule has 8 bridgehead atoms. The summed E-state index contributed by atoms with van der Waals surface area (Å²) in [6, 6.07) is 12.4. The first-order valence-corrected chi connectivity index (χ1v) is 15.9. The lowest BCUT2D eigenvalue weighted by Crippen LogP contribution is -2.45. The van der Waals surface area contributed by atoms with E-state index in [1.54, 1.807) is 0 Å². The van der Waals surface area contributed by atoms with E-state index in [-0.39, 0.29) is 11.5 Å². The van der Waals surface area contributed by atoms with Gasteiger partial charge in [-0.25, -0.2) is 9.78 Å². The van der Waals surface area contributed by atoms with Gasteiger partial charge in [-0.15, -0.1) is 0 Å². The average Bonchev–Trinajstić information content (AvgIpc) is 3.66. The van der Waals surface area contributed by atoms with Gasteiger partial charge in [-0.1, -0.05) is 32.0 Å². The van der Waals surface area contributed by atoms with Crippen LogP contribution >= 0.6 is 0 Å². The maximum absolute atomic E-state index is 13.3. The molecule has 7 rings (SSSR count). The Morgan fingerprint density at radius 1 is 1.02 bits per heavy atom. The van der Waals surface area contributed by atoms with Crippen LogP contribution in [0.25, 0.3) is 28.2 Å². The standard InChI is InChI=1S/C34H44N6O4/c1-23(2)22-43-31(33(41)42-5)30-24(3)35-29-21-28-26-11-9-10-25(20-26)27-12-16-39(36-27)15-7-6-8-19-44-34(4)13-17-38(18-14-34)32(30)40(29)37-28/h9-12,16,20-21,23,31H,6-8,13-15,17-19,22H2,1-5H3. The third kappa shape index (κ3) is 6.23. The average molecular weight is 601 g/mol. The molecule has 0 aliphatic carbocycles. The van der Waals surface area contributed by atoms with Crippen LogP contribution in [0.4, 0.5) is 5.82 Å². The zero-order valence-corrected chi connectivity index (χ0v) is 26.6. The van der Waals surface area contributed by atoms with Crippen molar-refractivity contribution in [2.45, 2.75) is 78.0 Å². The van der Waals surface area contributed by atoms with E-state index < -0.39 is 12.1 Å². The van der Waals surface area contributed by atoms with E-state index in [9.17, 15) is 4.79 Å². The van der Waals surface area contributed by atoms with Gasteiger partial charge in [-0.2, -0.15) is 14.7 Å². The maximum atomic E-state index is 13.3. The highest BCUT2D eigenvalue weighted by atomic mass is 16.6. The molecule has 10 heteroatoms. The lowest BCUT2D eigenvalue weighted by molar-refractivity contribution is -0.155. The molecule has 1 atom stereocenters. The number of carbonyl (C=O) groups is 1. The first-order chi connectivity index (χ1) is 21.2. The molecule has 1 saturated heterocycles. The highest BCUT2D eigenvalue weighted by molar-refractivity contribution is 5.80. The van der Waals surface area contributed by atoms with E-state index >= 15 is 0 Å². The monoisotopic (exact) mass is 600 g/mol. The Kier molecular flexibility index (Phi) is 8.73. The minimum Gasteiger partial charge on any atom is -0.467 e. The molecule has 0 radical (unpaired) electrons. The summed E-state index contributed by atoms with van der Waals surface area (Å²) >= 11 is 0.